The molecule has 76 heavy (non-hydrogen) atoms. The highest BCUT2D eigenvalue weighted by molar-refractivity contribution is 7.45. The van der Waals surface area contributed by atoms with Gasteiger partial charge < -0.3 is 27.9 Å². The molecule has 0 saturated carbocycles. The summed E-state index contributed by atoms with van der Waals surface area (Å²) in [4.78, 5) is 38.0. The molecule has 0 aliphatic carbocycles. The fourth-order valence-electron chi connectivity index (χ4n) is 9.87. The Morgan fingerprint density at radius 1 is 0.408 bits per heavy atom. The van der Waals surface area contributed by atoms with E-state index in [1.165, 1.54) is 263 Å². The minimum atomic E-state index is -4.63. The first-order chi connectivity index (χ1) is 37.0. The SMILES string of the molecule is CCCCCCC/C=C\C/C=C\CCCCCCCCCCCCCCCCCCCCCCCC(=O)OC(COC(=O)CCCCCCCCCCCCCCCCCCCCC)COP(=O)([O-])OCC[N+](C)(C)C. The van der Waals surface area contributed by atoms with E-state index in [1.54, 1.807) is 0 Å². The van der Waals surface area contributed by atoms with Crippen LogP contribution in [0.25, 0.3) is 0 Å². The zero-order valence-corrected chi connectivity index (χ0v) is 52.1. The summed E-state index contributed by atoms with van der Waals surface area (Å²) in [6.07, 6.45) is 71.1. The Balaban J connectivity index is 3.98. The lowest BCUT2D eigenvalue weighted by Crippen LogP contribution is -2.37. The summed E-state index contributed by atoms with van der Waals surface area (Å²) in [6, 6.07) is 0. The van der Waals surface area contributed by atoms with Gasteiger partial charge in [0.25, 0.3) is 7.82 Å². The largest absolute Gasteiger partial charge is 0.756 e. The van der Waals surface area contributed by atoms with Crippen molar-refractivity contribution in [2.45, 2.75) is 341 Å². The van der Waals surface area contributed by atoms with E-state index >= 15 is 0 Å². The van der Waals surface area contributed by atoms with Crippen LogP contribution in [0.3, 0.4) is 0 Å². The number of nitrogens with zero attached hydrogens (tertiary/aromatic N) is 1. The smallest absolute Gasteiger partial charge is 0.306 e. The van der Waals surface area contributed by atoms with Gasteiger partial charge in [0.15, 0.2) is 6.10 Å². The fourth-order valence-corrected chi connectivity index (χ4v) is 10.6. The lowest BCUT2D eigenvalue weighted by atomic mass is 10.0. The number of carbonyl (C=O) groups excluding carboxylic acids is 2. The van der Waals surface area contributed by atoms with Gasteiger partial charge in [-0.1, -0.05) is 301 Å². The molecular formula is C66H128NO8P. The monoisotopic (exact) mass is 1090 g/mol. The van der Waals surface area contributed by atoms with Crippen LogP contribution in [0.5, 0.6) is 0 Å². The molecule has 0 bridgehead atoms. The molecule has 450 valence electrons. The van der Waals surface area contributed by atoms with E-state index in [-0.39, 0.29) is 32.0 Å². The Bertz CT molecular complexity index is 1330. The summed E-state index contributed by atoms with van der Waals surface area (Å²) in [6.45, 7) is 4.30. The van der Waals surface area contributed by atoms with Gasteiger partial charge in [-0.25, -0.2) is 0 Å². The second kappa shape index (κ2) is 58.2. The van der Waals surface area contributed by atoms with Crippen LogP contribution in [0, 0.1) is 0 Å². The van der Waals surface area contributed by atoms with Crippen molar-refractivity contribution in [3.05, 3.63) is 24.3 Å². The Kier molecular flexibility index (Phi) is 57.0. The molecule has 9 nitrogen and oxygen atoms in total. The number of quaternary nitrogens is 1. The summed E-state index contributed by atoms with van der Waals surface area (Å²) in [5.74, 6) is -0.810. The number of carbonyl (C=O) groups is 2. The molecule has 0 fully saturated rings. The average molecular weight is 1090 g/mol. The third-order valence-electron chi connectivity index (χ3n) is 15.0. The van der Waals surface area contributed by atoms with Gasteiger partial charge in [0.05, 0.1) is 27.7 Å². The predicted octanol–water partition coefficient (Wildman–Crippen LogP) is 20.3. The quantitative estimate of drug-likeness (QED) is 0.0195. The third-order valence-corrected chi connectivity index (χ3v) is 15.9. The van der Waals surface area contributed by atoms with Gasteiger partial charge in [-0.3, -0.25) is 14.2 Å². The van der Waals surface area contributed by atoms with E-state index in [1.807, 2.05) is 21.1 Å². The number of esters is 2. The molecule has 0 aromatic heterocycles. The zero-order chi connectivity index (χ0) is 55.6. The highest BCUT2D eigenvalue weighted by Gasteiger charge is 2.22. The van der Waals surface area contributed by atoms with Gasteiger partial charge in [0.2, 0.25) is 0 Å². The molecule has 2 atom stereocenters. The summed E-state index contributed by atoms with van der Waals surface area (Å²) < 4.78 is 34.3. The fraction of sp³-hybridized carbons (Fsp3) is 0.909. The van der Waals surface area contributed by atoms with Crippen molar-refractivity contribution in [2.75, 3.05) is 47.5 Å². The highest BCUT2D eigenvalue weighted by Crippen LogP contribution is 2.38. The van der Waals surface area contributed by atoms with Gasteiger partial charge in [0, 0.05) is 12.8 Å². The van der Waals surface area contributed by atoms with Crippen molar-refractivity contribution in [3.63, 3.8) is 0 Å². The van der Waals surface area contributed by atoms with Crippen LogP contribution in [0.15, 0.2) is 24.3 Å². The van der Waals surface area contributed by atoms with E-state index in [4.69, 9.17) is 18.5 Å². The number of hydrogen-bond donors (Lipinski definition) is 0. The van der Waals surface area contributed by atoms with E-state index in [0.29, 0.717) is 17.4 Å². The van der Waals surface area contributed by atoms with E-state index in [2.05, 4.69) is 38.2 Å². The average Bonchev–Trinajstić information content (AvgIpc) is 3.38. The van der Waals surface area contributed by atoms with E-state index < -0.39 is 26.5 Å². The number of unbranched alkanes of at least 4 members (excludes halogenated alkanes) is 44. The first kappa shape index (κ1) is 74.5. The zero-order valence-electron chi connectivity index (χ0n) is 51.2. The lowest BCUT2D eigenvalue weighted by Gasteiger charge is -2.28. The van der Waals surface area contributed by atoms with E-state index in [9.17, 15) is 19.0 Å². The Labute approximate surface area is 472 Å². The van der Waals surface area contributed by atoms with Gasteiger partial charge in [-0.15, -0.1) is 0 Å². The second-order valence-electron chi connectivity index (χ2n) is 23.8. The van der Waals surface area contributed by atoms with Crippen molar-refractivity contribution in [3.8, 4) is 0 Å². The molecule has 0 amide bonds. The third kappa shape index (κ3) is 61.7. The molecule has 0 heterocycles. The molecule has 0 aliphatic rings. The van der Waals surface area contributed by atoms with Crippen LogP contribution in [0.4, 0.5) is 0 Å². The van der Waals surface area contributed by atoms with Crippen molar-refractivity contribution >= 4 is 19.8 Å². The molecule has 10 heteroatoms. The minimum absolute atomic E-state index is 0.0267. The molecule has 0 aromatic carbocycles. The summed E-state index contributed by atoms with van der Waals surface area (Å²) in [5, 5.41) is 0. The number of hydrogen-bond acceptors (Lipinski definition) is 8. The van der Waals surface area contributed by atoms with E-state index in [0.717, 1.165) is 38.5 Å². The first-order valence-corrected chi connectivity index (χ1v) is 34.5. The number of rotatable bonds is 62. The maximum atomic E-state index is 12.8. The standard InChI is InChI=1S/C66H128NO8P/c1-6-8-10-12-14-16-18-20-22-24-26-27-28-29-30-31-32-33-34-35-36-37-38-39-41-43-45-47-49-51-53-55-57-59-66(69)75-64(63-74-76(70,71)73-61-60-67(3,4)5)62-72-65(68)58-56-54-52-50-48-46-44-42-40-25-23-21-19-17-15-13-11-9-7-2/h18,20,24,26,64H,6-17,19,21-23,25,27-63H2,1-5H3/b20-18-,26-24-. The van der Waals surface area contributed by atoms with Crippen molar-refractivity contribution in [1.82, 2.24) is 0 Å². The summed E-state index contributed by atoms with van der Waals surface area (Å²) in [5.41, 5.74) is 0. The predicted molar refractivity (Wildman–Crippen MR) is 324 cm³/mol. The highest BCUT2D eigenvalue weighted by atomic mass is 31.2. The topological polar surface area (TPSA) is 111 Å². The number of ether oxygens (including phenoxy) is 2. The molecular weight excluding hydrogens is 966 g/mol. The van der Waals surface area contributed by atoms with Crippen LogP contribution in [-0.2, 0) is 32.7 Å². The summed E-state index contributed by atoms with van der Waals surface area (Å²) in [7, 11) is 1.19. The summed E-state index contributed by atoms with van der Waals surface area (Å²) >= 11 is 0. The van der Waals surface area contributed by atoms with Crippen molar-refractivity contribution in [2.24, 2.45) is 0 Å². The van der Waals surface area contributed by atoms with Gasteiger partial charge in [0.1, 0.15) is 19.8 Å². The van der Waals surface area contributed by atoms with Crippen LogP contribution < -0.4 is 4.89 Å². The van der Waals surface area contributed by atoms with Crippen LogP contribution in [-0.4, -0.2) is 70.0 Å². The second-order valence-corrected chi connectivity index (χ2v) is 25.3. The molecule has 0 N–H and O–H groups in total. The van der Waals surface area contributed by atoms with Crippen molar-refractivity contribution in [1.29, 1.82) is 0 Å². The van der Waals surface area contributed by atoms with Gasteiger partial charge >= 0.3 is 11.9 Å². The number of phosphoric acid groups is 1. The molecule has 0 radical (unpaired) electrons. The molecule has 0 rings (SSSR count). The normalized spacial score (nSPS) is 13.3. The lowest BCUT2D eigenvalue weighted by molar-refractivity contribution is -0.870. The molecule has 0 spiro atoms. The first-order valence-electron chi connectivity index (χ1n) is 33.0. The maximum Gasteiger partial charge on any atom is 0.306 e. The van der Waals surface area contributed by atoms with Crippen LogP contribution in [0.1, 0.15) is 335 Å². The molecule has 2 unspecified atom stereocenters. The minimum Gasteiger partial charge on any atom is -0.756 e. The van der Waals surface area contributed by atoms with Crippen LogP contribution in [0.2, 0.25) is 0 Å². The van der Waals surface area contributed by atoms with Crippen molar-refractivity contribution < 1.29 is 42.1 Å². The number of phosphoric ester groups is 1. The number of likely N-dealkylation sites (N-methyl/N-ethyl adjacent to an activating group) is 1. The Morgan fingerprint density at radius 2 is 0.711 bits per heavy atom. The maximum absolute atomic E-state index is 12.8. The number of allylic oxidation sites excluding steroid dienone is 4. The Hall–Kier alpha value is -1.51. The Morgan fingerprint density at radius 3 is 1.04 bits per heavy atom. The molecule has 0 saturated heterocycles. The molecule has 0 aliphatic heterocycles. The molecule has 0 aromatic rings. The van der Waals surface area contributed by atoms with Gasteiger partial charge in [-0.2, -0.15) is 0 Å². The van der Waals surface area contributed by atoms with Crippen LogP contribution >= 0.6 is 7.82 Å². The van der Waals surface area contributed by atoms with Gasteiger partial charge in [-0.05, 0) is 44.9 Å².